The van der Waals surface area contributed by atoms with Crippen LogP contribution in [0.15, 0.2) is 18.2 Å². The average Bonchev–Trinajstić information content (AvgIpc) is 2.87. The third-order valence-corrected chi connectivity index (χ3v) is 4.39. The molecule has 0 bridgehead atoms. The zero-order valence-electron chi connectivity index (χ0n) is 12.9. The standard InChI is InChI=1S/C17H25NO3/c1-12(2)10-17(8-3-4-9-17)11-18-16(21)13-6-5-7-14(19)15(13)20/h5-7,12,19-20H,3-4,8-11H2,1-2H3,(H,18,21). The molecule has 1 aliphatic rings. The SMILES string of the molecule is CC(C)CC1(CNC(=O)c2cccc(O)c2O)CCCC1. The van der Waals surface area contributed by atoms with Crippen molar-refractivity contribution < 1.29 is 15.0 Å². The second-order valence-electron chi connectivity index (χ2n) is 6.66. The van der Waals surface area contributed by atoms with Crippen LogP contribution in [0.3, 0.4) is 0 Å². The van der Waals surface area contributed by atoms with Gasteiger partial charge in [0.1, 0.15) is 0 Å². The molecule has 1 amide bonds. The number of aromatic hydroxyl groups is 2. The summed E-state index contributed by atoms with van der Waals surface area (Å²) in [5.74, 6) is -0.327. The first-order valence-corrected chi connectivity index (χ1v) is 7.73. The van der Waals surface area contributed by atoms with Crippen LogP contribution >= 0.6 is 0 Å². The summed E-state index contributed by atoms with van der Waals surface area (Å²) in [4.78, 5) is 12.2. The molecule has 0 aliphatic heterocycles. The monoisotopic (exact) mass is 291 g/mol. The third-order valence-electron chi connectivity index (χ3n) is 4.39. The quantitative estimate of drug-likeness (QED) is 0.728. The Morgan fingerprint density at radius 3 is 2.57 bits per heavy atom. The molecule has 0 saturated heterocycles. The Balaban J connectivity index is 2.04. The summed E-state index contributed by atoms with van der Waals surface area (Å²) in [6, 6.07) is 4.45. The van der Waals surface area contributed by atoms with Gasteiger partial charge in [0.25, 0.3) is 5.91 Å². The fourth-order valence-corrected chi connectivity index (χ4v) is 3.52. The van der Waals surface area contributed by atoms with Gasteiger partial charge in [-0.3, -0.25) is 4.79 Å². The molecule has 0 heterocycles. The van der Waals surface area contributed by atoms with Crippen LogP contribution in [0.4, 0.5) is 0 Å². The van der Waals surface area contributed by atoms with Crippen LogP contribution in [0.5, 0.6) is 11.5 Å². The van der Waals surface area contributed by atoms with Crippen LogP contribution in [-0.4, -0.2) is 22.7 Å². The summed E-state index contributed by atoms with van der Waals surface area (Å²) < 4.78 is 0. The number of amides is 1. The predicted molar refractivity (Wildman–Crippen MR) is 82.5 cm³/mol. The average molecular weight is 291 g/mol. The number of carbonyl (C=O) groups is 1. The van der Waals surface area contributed by atoms with E-state index in [1.165, 1.54) is 25.0 Å². The molecule has 0 aromatic heterocycles. The van der Waals surface area contributed by atoms with Gasteiger partial charge in [0, 0.05) is 6.54 Å². The number of carbonyl (C=O) groups excluding carboxylic acids is 1. The minimum Gasteiger partial charge on any atom is -0.504 e. The highest BCUT2D eigenvalue weighted by Crippen LogP contribution is 2.42. The van der Waals surface area contributed by atoms with Crippen LogP contribution in [-0.2, 0) is 0 Å². The first-order chi connectivity index (χ1) is 9.93. The summed E-state index contributed by atoms with van der Waals surface area (Å²) >= 11 is 0. The second-order valence-corrected chi connectivity index (χ2v) is 6.66. The molecule has 1 aliphatic carbocycles. The molecule has 4 nitrogen and oxygen atoms in total. The number of hydrogen-bond acceptors (Lipinski definition) is 3. The van der Waals surface area contributed by atoms with Crippen LogP contribution < -0.4 is 5.32 Å². The van der Waals surface area contributed by atoms with E-state index in [1.54, 1.807) is 6.07 Å². The lowest BCUT2D eigenvalue weighted by Gasteiger charge is -2.31. The maximum atomic E-state index is 12.2. The van der Waals surface area contributed by atoms with Gasteiger partial charge >= 0.3 is 0 Å². The summed E-state index contributed by atoms with van der Waals surface area (Å²) in [6.07, 6.45) is 5.86. The van der Waals surface area contributed by atoms with Crippen molar-refractivity contribution in [3.8, 4) is 11.5 Å². The van der Waals surface area contributed by atoms with Crippen LogP contribution in [0.1, 0.15) is 56.3 Å². The molecule has 4 heteroatoms. The fraction of sp³-hybridized carbons (Fsp3) is 0.588. The third kappa shape index (κ3) is 3.69. The predicted octanol–water partition coefficient (Wildman–Crippen LogP) is 3.43. The Morgan fingerprint density at radius 2 is 1.95 bits per heavy atom. The van der Waals surface area contributed by atoms with Gasteiger partial charge in [0.2, 0.25) is 0 Å². The van der Waals surface area contributed by atoms with Gasteiger partial charge in [-0.1, -0.05) is 32.8 Å². The lowest BCUT2D eigenvalue weighted by atomic mass is 9.78. The molecule has 1 fully saturated rings. The Hall–Kier alpha value is -1.71. The molecule has 1 aromatic carbocycles. The minimum atomic E-state index is -0.348. The Bertz CT molecular complexity index is 505. The normalized spacial score (nSPS) is 17.1. The molecule has 0 spiro atoms. The second kappa shape index (κ2) is 6.37. The van der Waals surface area contributed by atoms with Crippen molar-refractivity contribution in [1.29, 1.82) is 0 Å². The number of nitrogens with one attached hydrogen (secondary N) is 1. The Morgan fingerprint density at radius 1 is 1.29 bits per heavy atom. The Labute approximate surface area is 126 Å². The zero-order valence-corrected chi connectivity index (χ0v) is 12.9. The summed E-state index contributed by atoms with van der Waals surface area (Å²) in [6.45, 7) is 5.06. The maximum absolute atomic E-state index is 12.2. The van der Waals surface area contributed by atoms with E-state index in [-0.39, 0.29) is 28.4 Å². The van der Waals surface area contributed by atoms with Crippen molar-refractivity contribution in [1.82, 2.24) is 5.32 Å². The number of phenolic OH excluding ortho intramolecular Hbond substituents is 2. The van der Waals surface area contributed by atoms with Gasteiger partial charge in [0.05, 0.1) is 5.56 Å². The van der Waals surface area contributed by atoms with Crippen LogP contribution in [0.2, 0.25) is 0 Å². The topological polar surface area (TPSA) is 69.6 Å². The number of rotatable bonds is 5. The molecule has 21 heavy (non-hydrogen) atoms. The molecule has 0 atom stereocenters. The summed E-state index contributed by atoms with van der Waals surface area (Å²) in [5, 5.41) is 22.2. The minimum absolute atomic E-state index is 0.132. The highest BCUT2D eigenvalue weighted by Gasteiger charge is 2.34. The fourth-order valence-electron chi connectivity index (χ4n) is 3.52. The van der Waals surface area contributed by atoms with E-state index >= 15 is 0 Å². The molecule has 0 radical (unpaired) electrons. The van der Waals surface area contributed by atoms with Gasteiger partial charge < -0.3 is 15.5 Å². The molecular formula is C17H25NO3. The van der Waals surface area contributed by atoms with E-state index in [4.69, 9.17) is 0 Å². The van der Waals surface area contributed by atoms with E-state index in [1.807, 2.05) is 0 Å². The number of para-hydroxylation sites is 1. The maximum Gasteiger partial charge on any atom is 0.255 e. The van der Waals surface area contributed by atoms with Gasteiger partial charge in [-0.2, -0.15) is 0 Å². The molecule has 1 aromatic rings. The Kier molecular flexibility index (Phi) is 4.76. The van der Waals surface area contributed by atoms with Gasteiger partial charge in [-0.05, 0) is 42.7 Å². The van der Waals surface area contributed by atoms with E-state index in [2.05, 4.69) is 19.2 Å². The van der Waals surface area contributed by atoms with Crippen LogP contribution in [0.25, 0.3) is 0 Å². The highest BCUT2D eigenvalue weighted by molar-refractivity contribution is 5.97. The first-order valence-electron chi connectivity index (χ1n) is 7.73. The van der Waals surface area contributed by atoms with Crippen molar-refractivity contribution in [2.75, 3.05) is 6.54 Å². The molecule has 116 valence electrons. The van der Waals surface area contributed by atoms with E-state index < -0.39 is 0 Å². The van der Waals surface area contributed by atoms with Crippen molar-refractivity contribution in [3.63, 3.8) is 0 Å². The van der Waals surface area contributed by atoms with Crippen molar-refractivity contribution in [3.05, 3.63) is 23.8 Å². The van der Waals surface area contributed by atoms with Crippen molar-refractivity contribution >= 4 is 5.91 Å². The zero-order chi connectivity index (χ0) is 15.5. The lowest BCUT2D eigenvalue weighted by molar-refractivity contribution is 0.0918. The van der Waals surface area contributed by atoms with Crippen molar-refractivity contribution in [2.24, 2.45) is 11.3 Å². The van der Waals surface area contributed by atoms with E-state index in [0.29, 0.717) is 12.5 Å². The number of phenols is 2. The van der Waals surface area contributed by atoms with E-state index in [9.17, 15) is 15.0 Å². The molecule has 2 rings (SSSR count). The largest absolute Gasteiger partial charge is 0.504 e. The van der Waals surface area contributed by atoms with Gasteiger partial charge in [-0.25, -0.2) is 0 Å². The first kappa shape index (κ1) is 15.7. The summed E-state index contributed by atoms with van der Waals surface area (Å²) in [7, 11) is 0. The van der Waals surface area contributed by atoms with Crippen LogP contribution in [0, 0.1) is 11.3 Å². The molecule has 3 N–H and O–H groups in total. The summed E-state index contributed by atoms with van der Waals surface area (Å²) in [5.41, 5.74) is 0.323. The van der Waals surface area contributed by atoms with E-state index in [0.717, 1.165) is 19.3 Å². The lowest BCUT2D eigenvalue weighted by Crippen LogP contribution is -2.36. The van der Waals surface area contributed by atoms with Gasteiger partial charge in [0.15, 0.2) is 11.5 Å². The van der Waals surface area contributed by atoms with Crippen molar-refractivity contribution in [2.45, 2.75) is 46.0 Å². The smallest absolute Gasteiger partial charge is 0.255 e. The number of benzene rings is 1. The molecule has 0 unspecified atom stereocenters. The molecular weight excluding hydrogens is 266 g/mol. The van der Waals surface area contributed by atoms with Gasteiger partial charge in [-0.15, -0.1) is 0 Å². The highest BCUT2D eigenvalue weighted by atomic mass is 16.3. The number of hydrogen-bond donors (Lipinski definition) is 3. The molecule has 1 saturated carbocycles.